The summed E-state index contributed by atoms with van der Waals surface area (Å²) >= 11 is 1.24. The lowest BCUT2D eigenvalue weighted by Crippen LogP contribution is -2.36. The number of rotatable bonds is 3. The van der Waals surface area contributed by atoms with Crippen LogP contribution in [0.4, 0.5) is 0 Å². The number of hydrogen-bond donors (Lipinski definition) is 1. The Hall–Kier alpha value is -0.520. The molecule has 1 saturated heterocycles. The summed E-state index contributed by atoms with van der Waals surface area (Å²) in [6.45, 7) is 2.94. The molecule has 2 heterocycles. The van der Waals surface area contributed by atoms with Gasteiger partial charge in [-0.25, -0.2) is 0 Å². The van der Waals surface area contributed by atoms with Crippen molar-refractivity contribution in [3.63, 3.8) is 0 Å². The minimum Gasteiger partial charge on any atom is -0.378 e. The normalized spacial score (nSPS) is 29.3. The van der Waals surface area contributed by atoms with Gasteiger partial charge in [-0.3, -0.25) is 0 Å². The third-order valence-electron chi connectivity index (χ3n) is 2.84. The molecule has 4 nitrogen and oxygen atoms in total. The third kappa shape index (κ3) is 2.10. The molecule has 2 rings (SSSR count). The molecular weight excluding hydrogens is 198 g/mol. The molecule has 1 aliphatic heterocycles. The van der Waals surface area contributed by atoms with Crippen LogP contribution in [0.15, 0.2) is 6.20 Å². The van der Waals surface area contributed by atoms with E-state index in [9.17, 15) is 0 Å². The van der Waals surface area contributed by atoms with Gasteiger partial charge in [0.25, 0.3) is 0 Å². The van der Waals surface area contributed by atoms with E-state index in [0.717, 1.165) is 25.1 Å². The molecule has 2 N–H and O–H groups in total. The van der Waals surface area contributed by atoms with E-state index in [1.165, 1.54) is 11.7 Å². The first-order valence-corrected chi connectivity index (χ1v) is 5.64. The van der Waals surface area contributed by atoms with Gasteiger partial charge in [0.05, 0.1) is 29.7 Å². The Kier molecular flexibility index (Phi) is 3.10. The second-order valence-electron chi connectivity index (χ2n) is 3.80. The van der Waals surface area contributed by atoms with Crippen LogP contribution in [0.1, 0.15) is 19.0 Å². The van der Waals surface area contributed by atoms with Crippen molar-refractivity contribution in [1.29, 1.82) is 0 Å². The maximum absolute atomic E-state index is 6.12. The van der Waals surface area contributed by atoms with Crippen molar-refractivity contribution in [2.75, 3.05) is 6.61 Å². The number of ether oxygens (including phenoxy) is 1. The van der Waals surface area contributed by atoms with Gasteiger partial charge in [0.1, 0.15) is 0 Å². The van der Waals surface area contributed by atoms with E-state index in [1.54, 1.807) is 6.20 Å². The van der Waals surface area contributed by atoms with E-state index in [2.05, 4.69) is 15.7 Å². The summed E-state index contributed by atoms with van der Waals surface area (Å²) in [5, 5.41) is 0. The predicted octanol–water partition coefficient (Wildman–Crippen LogP) is 0.833. The maximum atomic E-state index is 6.12. The molecule has 3 unspecified atom stereocenters. The highest BCUT2D eigenvalue weighted by molar-refractivity contribution is 6.99. The molecule has 0 aliphatic carbocycles. The molecule has 0 spiro atoms. The van der Waals surface area contributed by atoms with Gasteiger partial charge in [-0.2, -0.15) is 8.75 Å². The number of nitrogens with two attached hydrogens (primary N) is 1. The average Bonchev–Trinajstić information content (AvgIpc) is 2.75. The van der Waals surface area contributed by atoms with Crippen molar-refractivity contribution >= 4 is 11.7 Å². The van der Waals surface area contributed by atoms with Crippen LogP contribution in [0, 0.1) is 5.92 Å². The van der Waals surface area contributed by atoms with Crippen LogP contribution in [-0.2, 0) is 11.2 Å². The van der Waals surface area contributed by atoms with E-state index < -0.39 is 0 Å². The molecule has 14 heavy (non-hydrogen) atoms. The van der Waals surface area contributed by atoms with Gasteiger partial charge in [0, 0.05) is 25.0 Å². The summed E-state index contributed by atoms with van der Waals surface area (Å²) in [4.78, 5) is 0. The second kappa shape index (κ2) is 4.33. The minimum atomic E-state index is 0.149. The van der Waals surface area contributed by atoms with Crippen molar-refractivity contribution in [1.82, 2.24) is 8.75 Å². The van der Waals surface area contributed by atoms with Gasteiger partial charge in [0.2, 0.25) is 0 Å². The summed E-state index contributed by atoms with van der Waals surface area (Å²) in [6, 6.07) is 0.149. The fourth-order valence-corrected chi connectivity index (χ4v) is 2.42. The van der Waals surface area contributed by atoms with Crippen molar-refractivity contribution < 1.29 is 4.74 Å². The van der Waals surface area contributed by atoms with Gasteiger partial charge in [0.15, 0.2) is 0 Å². The van der Waals surface area contributed by atoms with Crippen LogP contribution >= 0.6 is 11.7 Å². The Bertz CT molecular complexity index is 278. The molecular formula is C9H15N3OS. The van der Waals surface area contributed by atoms with Crippen molar-refractivity contribution in [3.8, 4) is 0 Å². The zero-order chi connectivity index (χ0) is 9.97. The molecule has 0 bridgehead atoms. The molecule has 5 heteroatoms. The molecule has 1 aromatic rings. The summed E-state index contributed by atoms with van der Waals surface area (Å²) < 4.78 is 13.6. The Balaban J connectivity index is 1.92. The van der Waals surface area contributed by atoms with Gasteiger partial charge < -0.3 is 10.5 Å². The van der Waals surface area contributed by atoms with Gasteiger partial charge in [-0.15, -0.1) is 0 Å². The molecule has 1 aliphatic rings. The Morgan fingerprint density at radius 1 is 1.79 bits per heavy atom. The van der Waals surface area contributed by atoms with Crippen molar-refractivity contribution in [2.45, 2.75) is 31.9 Å². The second-order valence-corrected chi connectivity index (χ2v) is 4.35. The van der Waals surface area contributed by atoms with Gasteiger partial charge in [-0.05, 0) is 13.3 Å². The number of hydrogen-bond acceptors (Lipinski definition) is 5. The van der Waals surface area contributed by atoms with E-state index >= 15 is 0 Å². The first-order chi connectivity index (χ1) is 6.77. The highest BCUT2D eigenvalue weighted by Gasteiger charge is 2.29. The fraction of sp³-hybridized carbons (Fsp3) is 0.778. The Morgan fingerprint density at radius 3 is 3.21 bits per heavy atom. The average molecular weight is 213 g/mol. The van der Waals surface area contributed by atoms with Crippen LogP contribution in [0.2, 0.25) is 0 Å². The molecule has 0 radical (unpaired) electrons. The molecule has 1 aromatic heterocycles. The molecule has 1 fully saturated rings. The first-order valence-electron chi connectivity index (χ1n) is 4.91. The van der Waals surface area contributed by atoms with E-state index in [0.29, 0.717) is 5.92 Å². The number of aromatic nitrogens is 2. The van der Waals surface area contributed by atoms with E-state index in [4.69, 9.17) is 10.5 Å². The zero-order valence-corrected chi connectivity index (χ0v) is 9.04. The number of nitrogens with zero attached hydrogens (tertiary/aromatic N) is 2. The highest BCUT2D eigenvalue weighted by atomic mass is 32.1. The topological polar surface area (TPSA) is 61.0 Å². The largest absolute Gasteiger partial charge is 0.378 e. The quantitative estimate of drug-likeness (QED) is 0.808. The Morgan fingerprint density at radius 2 is 2.64 bits per heavy atom. The van der Waals surface area contributed by atoms with Crippen molar-refractivity contribution in [3.05, 3.63) is 11.9 Å². The van der Waals surface area contributed by atoms with Crippen LogP contribution in [0.5, 0.6) is 0 Å². The van der Waals surface area contributed by atoms with Crippen molar-refractivity contribution in [2.24, 2.45) is 11.7 Å². The van der Waals surface area contributed by atoms with Gasteiger partial charge >= 0.3 is 0 Å². The first kappa shape index (κ1) is 10.0. The standard InChI is InChI=1S/C9H15N3OS/c1-6-8(2-3-13-6)9(10)4-7-5-11-14-12-7/h5-6,8-9H,2-4,10H2,1H3. The predicted molar refractivity (Wildman–Crippen MR) is 55.1 cm³/mol. The molecule has 0 amide bonds. The van der Waals surface area contributed by atoms with Crippen LogP contribution < -0.4 is 5.73 Å². The highest BCUT2D eigenvalue weighted by Crippen LogP contribution is 2.24. The monoisotopic (exact) mass is 213 g/mol. The molecule has 0 aromatic carbocycles. The fourth-order valence-electron chi connectivity index (χ4n) is 1.98. The SMILES string of the molecule is CC1OCCC1C(N)Cc1cnsn1. The summed E-state index contributed by atoms with van der Waals surface area (Å²) in [7, 11) is 0. The van der Waals surface area contributed by atoms with Crippen LogP contribution in [-0.4, -0.2) is 27.5 Å². The summed E-state index contributed by atoms with van der Waals surface area (Å²) in [6.07, 6.45) is 3.97. The lowest BCUT2D eigenvalue weighted by Gasteiger charge is -2.20. The molecule has 78 valence electrons. The lowest BCUT2D eigenvalue weighted by atomic mass is 9.91. The van der Waals surface area contributed by atoms with E-state index in [-0.39, 0.29) is 12.1 Å². The summed E-state index contributed by atoms with van der Waals surface area (Å²) in [5.41, 5.74) is 7.12. The Labute approximate surface area is 87.8 Å². The minimum absolute atomic E-state index is 0.149. The van der Waals surface area contributed by atoms with Crippen LogP contribution in [0.25, 0.3) is 0 Å². The summed E-state index contributed by atoms with van der Waals surface area (Å²) in [5.74, 6) is 0.469. The third-order valence-corrected chi connectivity index (χ3v) is 3.35. The lowest BCUT2D eigenvalue weighted by molar-refractivity contribution is 0.0994. The zero-order valence-electron chi connectivity index (χ0n) is 8.22. The smallest absolute Gasteiger partial charge is 0.0758 e. The molecule has 0 saturated carbocycles. The van der Waals surface area contributed by atoms with Gasteiger partial charge in [-0.1, -0.05) is 0 Å². The molecule has 3 atom stereocenters. The van der Waals surface area contributed by atoms with E-state index in [1.807, 2.05) is 0 Å². The maximum Gasteiger partial charge on any atom is 0.0758 e. The van der Waals surface area contributed by atoms with Crippen LogP contribution in [0.3, 0.4) is 0 Å².